The zero-order chi connectivity index (χ0) is 10.6. The van der Waals surface area contributed by atoms with E-state index in [0.29, 0.717) is 11.3 Å². The summed E-state index contributed by atoms with van der Waals surface area (Å²) in [7, 11) is 0. The highest BCUT2D eigenvalue weighted by atomic mass is 19.1. The van der Waals surface area contributed by atoms with Gasteiger partial charge in [-0.15, -0.1) is 0 Å². The minimum Gasteiger partial charge on any atom is -0.377 e. The van der Waals surface area contributed by atoms with Gasteiger partial charge < -0.3 is 5.32 Å². The summed E-state index contributed by atoms with van der Waals surface area (Å²) in [6.07, 6.45) is 0. The fourth-order valence-electron chi connectivity index (χ4n) is 1.23. The highest BCUT2D eigenvalue weighted by Crippen LogP contribution is 2.27. The van der Waals surface area contributed by atoms with Crippen molar-refractivity contribution in [1.29, 1.82) is 0 Å². The zero-order valence-electron chi connectivity index (χ0n) is 7.79. The Morgan fingerprint density at radius 1 is 1.57 bits per heavy atom. The van der Waals surface area contributed by atoms with Crippen LogP contribution >= 0.6 is 0 Å². The van der Waals surface area contributed by atoms with Gasteiger partial charge in [0.2, 0.25) is 0 Å². The smallest absolute Gasteiger partial charge is 0.295 e. The molecule has 0 spiro atoms. The van der Waals surface area contributed by atoms with Gasteiger partial charge in [-0.1, -0.05) is 12.1 Å². The molecule has 0 saturated heterocycles. The predicted octanol–water partition coefficient (Wildman–Crippen LogP) is 2.28. The maximum atomic E-state index is 11.9. The normalized spacial score (nSPS) is 9.86. The van der Waals surface area contributed by atoms with E-state index in [1.165, 1.54) is 0 Å². The zero-order valence-corrected chi connectivity index (χ0v) is 7.79. The van der Waals surface area contributed by atoms with E-state index in [1.807, 2.05) is 0 Å². The highest BCUT2D eigenvalue weighted by Gasteiger charge is 2.15. The van der Waals surface area contributed by atoms with Gasteiger partial charge in [0.05, 0.1) is 4.92 Å². The van der Waals surface area contributed by atoms with Gasteiger partial charge in [0.15, 0.2) is 0 Å². The van der Waals surface area contributed by atoms with Gasteiger partial charge in [0, 0.05) is 12.1 Å². The van der Waals surface area contributed by atoms with Crippen molar-refractivity contribution < 1.29 is 9.31 Å². The van der Waals surface area contributed by atoms with E-state index in [0.717, 1.165) is 0 Å². The summed E-state index contributed by atoms with van der Waals surface area (Å²) < 4.78 is 11.9. The van der Waals surface area contributed by atoms with Crippen LogP contribution in [0.3, 0.4) is 0 Å². The Hall–Kier alpha value is -1.65. The number of hydrogen-bond donors (Lipinski definition) is 1. The highest BCUT2D eigenvalue weighted by molar-refractivity contribution is 5.64. The molecule has 4 nitrogen and oxygen atoms in total. The van der Waals surface area contributed by atoms with Gasteiger partial charge >= 0.3 is 0 Å². The van der Waals surface area contributed by atoms with Gasteiger partial charge in [0.25, 0.3) is 5.69 Å². The third-order valence-corrected chi connectivity index (χ3v) is 1.83. The average Bonchev–Trinajstić information content (AvgIpc) is 2.14. The number of rotatable bonds is 4. The number of halogens is 1. The van der Waals surface area contributed by atoms with E-state index in [2.05, 4.69) is 5.32 Å². The van der Waals surface area contributed by atoms with Gasteiger partial charge in [-0.05, 0) is 13.0 Å². The van der Waals surface area contributed by atoms with Crippen molar-refractivity contribution in [2.24, 2.45) is 0 Å². The van der Waals surface area contributed by atoms with Crippen LogP contribution < -0.4 is 5.32 Å². The van der Waals surface area contributed by atoms with Crippen molar-refractivity contribution in [2.75, 3.05) is 18.5 Å². The molecule has 0 fully saturated rings. The lowest BCUT2D eigenvalue weighted by Gasteiger charge is -2.06. The molecule has 1 N–H and O–H groups in total. The first-order valence-corrected chi connectivity index (χ1v) is 4.20. The van der Waals surface area contributed by atoms with Gasteiger partial charge in [-0.3, -0.25) is 10.1 Å². The fraction of sp³-hybridized carbons (Fsp3) is 0.333. The fourth-order valence-corrected chi connectivity index (χ4v) is 1.23. The second kappa shape index (κ2) is 4.55. The number of aryl methyl sites for hydroxylation is 1. The number of nitro groups is 1. The van der Waals surface area contributed by atoms with Gasteiger partial charge in [0.1, 0.15) is 12.4 Å². The molecule has 0 heterocycles. The monoisotopic (exact) mass is 198 g/mol. The molecule has 5 heteroatoms. The number of nitrogens with zero attached hydrogens (tertiary/aromatic N) is 1. The molecule has 1 aromatic rings. The van der Waals surface area contributed by atoms with Crippen molar-refractivity contribution >= 4 is 11.4 Å². The van der Waals surface area contributed by atoms with Crippen LogP contribution in [0.25, 0.3) is 0 Å². The third-order valence-electron chi connectivity index (χ3n) is 1.83. The number of anilines is 1. The summed E-state index contributed by atoms with van der Waals surface area (Å²) in [5, 5.41) is 13.3. The summed E-state index contributed by atoms with van der Waals surface area (Å²) in [5.74, 6) is 0. The van der Waals surface area contributed by atoms with Crippen molar-refractivity contribution in [3.63, 3.8) is 0 Å². The first kappa shape index (κ1) is 10.4. The first-order valence-electron chi connectivity index (χ1n) is 4.20. The molecule has 1 rings (SSSR count). The standard InChI is InChI=1S/C9H11FN2O2/c1-7-3-2-4-8(11-6-5-10)9(7)12(13)14/h2-4,11H,5-6H2,1H3. The van der Waals surface area contributed by atoms with Crippen LogP contribution in [0.1, 0.15) is 5.56 Å². The number of nitrogens with one attached hydrogen (secondary N) is 1. The van der Waals surface area contributed by atoms with Crippen molar-refractivity contribution in [3.05, 3.63) is 33.9 Å². The number of para-hydroxylation sites is 1. The van der Waals surface area contributed by atoms with E-state index < -0.39 is 11.6 Å². The summed E-state index contributed by atoms with van der Waals surface area (Å²) in [4.78, 5) is 10.2. The lowest BCUT2D eigenvalue weighted by Crippen LogP contribution is -2.06. The molecule has 0 bridgehead atoms. The summed E-state index contributed by atoms with van der Waals surface area (Å²) in [5.41, 5.74) is 0.951. The summed E-state index contributed by atoms with van der Waals surface area (Å²) >= 11 is 0. The van der Waals surface area contributed by atoms with E-state index in [-0.39, 0.29) is 12.2 Å². The topological polar surface area (TPSA) is 55.2 Å². The van der Waals surface area contributed by atoms with E-state index in [9.17, 15) is 14.5 Å². The van der Waals surface area contributed by atoms with Crippen LogP contribution in [0.4, 0.5) is 15.8 Å². The molecule has 1 aromatic carbocycles. The van der Waals surface area contributed by atoms with Gasteiger partial charge in [-0.25, -0.2) is 4.39 Å². The molecule has 0 aliphatic heterocycles. The first-order chi connectivity index (χ1) is 6.66. The molecule has 0 aliphatic carbocycles. The Morgan fingerprint density at radius 2 is 2.29 bits per heavy atom. The second-order valence-corrected chi connectivity index (χ2v) is 2.84. The molecule has 0 unspecified atom stereocenters. The second-order valence-electron chi connectivity index (χ2n) is 2.84. The molecule has 0 radical (unpaired) electrons. The Bertz CT molecular complexity index is 342. The summed E-state index contributed by atoms with van der Waals surface area (Å²) in [6, 6.07) is 4.92. The van der Waals surface area contributed by atoms with Gasteiger partial charge in [-0.2, -0.15) is 0 Å². The Kier molecular flexibility index (Phi) is 3.39. The molecular formula is C9H11FN2O2. The maximum Gasteiger partial charge on any atom is 0.295 e. The van der Waals surface area contributed by atoms with Crippen LogP contribution in [0.5, 0.6) is 0 Å². The number of hydrogen-bond acceptors (Lipinski definition) is 3. The number of alkyl halides is 1. The van der Waals surface area contributed by atoms with E-state index in [1.54, 1.807) is 25.1 Å². The van der Waals surface area contributed by atoms with E-state index >= 15 is 0 Å². The minimum atomic E-state index is -0.550. The molecule has 0 atom stereocenters. The molecule has 76 valence electrons. The van der Waals surface area contributed by atoms with Crippen molar-refractivity contribution in [3.8, 4) is 0 Å². The Balaban J connectivity index is 3.02. The van der Waals surface area contributed by atoms with Crippen LogP contribution in [0.2, 0.25) is 0 Å². The molecular weight excluding hydrogens is 187 g/mol. The lowest BCUT2D eigenvalue weighted by molar-refractivity contribution is -0.384. The number of benzene rings is 1. The SMILES string of the molecule is Cc1cccc(NCCF)c1[N+](=O)[O-]. The third kappa shape index (κ3) is 2.18. The van der Waals surface area contributed by atoms with Crippen LogP contribution in [-0.4, -0.2) is 18.1 Å². The molecule has 0 aromatic heterocycles. The molecule has 14 heavy (non-hydrogen) atoms. The quantitative estimate of drug-likeness (QED) is 0.596. The largest absolute Gasteiger partial charge is 0.377 e. The van der Waals surface area contributed by atoms with Crippen molar-refractivity contribution in [1.82, 2.24) is 0 Å². The molecule has 0 saturated carbocycles. The predicted molar refractivity (Wildman–Crippen MR) is 52.3 cm³/mol. The van der Waals surface area contributed by atoms with Crippen molar-refractivity contribution in [2.45, 2.75) is 6.92 Å². The van der Waals surface area contributed by atoms with Crippen LogP contribution in [0, 0.1) is 17.0 Å². The minimum absolute atomic E-state index is 0.0148. The maximum absolute atomic E-state index is 11.9. The summed E-state index contributed by atoms with van der Waals surface area (Å²) in [6.45, 7) is 1.19. The molecule has 0 amide bonds. The average molecular weight is 198 g/mol. The number of nitro benzene ring substituents is 1. The van der Waals surface area contributed by atoms with Crippen LogP contribution in [0.15, 0.2) is 18.2 Å². The Morgan fingerprint density at radius 3 is 2.86 bits per heavy atom. The lowest BCUT2D eigenvalue weighted by atomic mass is 10.1. The Labute approximate surface area is 80.9 Å². The van der Waals surface area contributed by atoms with Crippen LogP contribution in [-0.2, 0) is 0 Å². The van der Waals surface area contributed by atoms with E-state index in [4.69, 9.17) is 0 Å². The molecule has 0 aliphatic rings.